The first-order chi connectivity index (χ1) is 17.8. The summed E-state index contributed by atoms with van der Waals surface area (Å²) in [6.45, 7) is 3.12. The summed E-state index contributed by atoms with van der Waals surface area (Å²) in [6.07, 6.45) is -4.61. The average molecular weight is 534 g/mol. The van der Waals surface area contributed by atoms with Crippen molar-refractivity contribution in [3.05, 3.63) is 29.8 Å². The lowest BCUT2D eigenvalue weighted by Gasteiger charge is -2.34. The molecule has 3 aliphatic rings. The lowest BCUT2D eigenvalue weighted by Crippen LogP contribution is -2.53. The van der Waals surface area contributed by atoms with Gasteiger partial charge >= 0.3 is 12.1 Å². The van der Waals surface area contributed by atoms with E-state index in [1.165, 1.54) is 16.8 Å². The number of carbonyl (C=O) groups excluding carboxylic acids is 4. The molecule has 12 heteroatoms. The van der Waals surface area contributed by atoms with Crippen molar-refractivity contribution in [3.63, 3.8) is 0 Å². The van der Waals surface area contributed by atoms with Crippen molar-refractivity contribution in [2.45, 2.75) is 56.8 Å². The number of benzene rings is 1. The molecule has 2 saturated heterocycles. The first kappa shape index (κ1) is 27.4. The van der Waals surface area contributed by atoms with Crippen LogP contribution in [0.4, 0.5) is 18.9 Å². The number of carbonyl (C=O) groups is 4. The number of hydrogen-bond acceptors (Lipinski definition) is 5. The van der Waals surface area contributed by atoms with E-state index < -0.39 is 47.3 Å². The zero-order chi connectivity index (χ0) is 28.0. The molecule has 9 nitrogen and oxygen atoms in total. The molecule has 1 spiro atoms. The molecule has 0 aromatic heterocycles. The predicted octanol–water partition coefficient (Wildman–Crippen LogP) is 2.28. The highest BCUT2D eigenvalue weighted by Gasteiger charge is 2.57. The van der Waals surface area contributed by atoms with Gasteiger partial charge in [0.25, 0.3) is 0 Å². The molecule has 3 aliphatic heterocycles. The second-order valence-corrected chi connectivity index (χ2v) is 10.7. The van der Waals surface area contributed by atoms with Crippen LogP contribution in [0.1, 0.15) is 38.7 Å². The summed E-state index contributed by atoms with van der Waals surface area (Å²) in [6, 6.07) is 7.37. The van der Waals surface area contributed by atoms with Crippen LogP contribution in [0, 0.1) is 23.2 Å². The fourth-order valence-electron chi connectivity index (χ4n) is 5.82. The predicted molar refractivity (Wildman–Crippen MR) is 129 cm³/mol. The van der Waals surface area contributed by atoms with Gasteiger partial charge in [-0.2, -0.15) is 18.4 Å². The third-order valence-corrected chi connectivity index (χ3v) is 7.78. The highest BCUT2D eigenvalue weighted by Crippen LogP contribution is 2.46. The topological polar surface area (TPSA) is 114 Å². The van der Waals surface area contributed by atoms with Crippen LogP contribution in [0.15, 0.2) is 24.3 Å². The molecule has 4 rings (SSSR count). The van der Waals surface area contributed by atoms with Crippen LogP contribution in [0.3, 0.4) is 0 Å². The smallest absolute Gasteiger partial charge is 0.334 e. The summed E-state index contributed by atoms with van der Waals surface area (Å²) in [4.78, 5) is 55.1. The Morgan fingerprint density at radius 3 is 2.58 bits per heavy atom. The van der Waals surface area contributed by atoms with Gasteiger partial charge in [-0.15, -0.1) is 0 Å². The number of rotatable bonds is 5. The van der Waals surface area contributed by atoms with Gasteiger partial charge in [-0.3, -0.25) is 19.2 Å². The van der Waals surface area contributed by atoms with Crippen LogP contribution in [0.25, 0.3) is 0 Å². The number of fused-ring (bicyclic) bond motifs is 2. The normalized spacial score (nSPS) is 25.4. The molecule has 4 atom stereocenters. The van der Waals surface area contributed by atoms with Crippen LogP contribution in [-0.2, 0) is 24.6 Å². The number of likely N-dealkylation sites (tertiary alicyclic amines) is 2. The highest BCUT2D eigenvalue weighted by atomic mass is 19.4. The van der Waals surface area contributed by atoms with Crippen LogP contribution in [0.2, 0.25) is 0 Å². The molecule has 204 valence electrons. The Balaban J connectivity index is 1.56. The first-order valence-corrected chi connectivity index (χ1v) is 12.5. The van der Waals surface area contributed by atoms with Crippen molar-refractivity contribution < 1.29 is 32.3 Å². The Morgan fingerprint density at radius 1 is 1.26 bits per heavy atom. The minimum atomic E-state index is -5.02. The molecule has 0 bridgehead atoms. The summed E-state index contributed by atoms with van der Waals surface area (Å²) in [5, 5.41) is 12.7. The minimum Gasteiger partial charge on any atom is -0.334 e. The molecule has 1 aromatic carbocycles. The molecular formula is C26H30F3N5O4. The number of nitrogens with zero attached hydrogens (tertiary/aromatic N) is 4. The van der Waals surface area contributed by atoms with Gasteiger partial charge in [0, 0.05) is 38.8 Å². The quantitative estimate of drug-likeness (QED) is 0.624. The molecule has 0 aliphatic carbocycles. The number of likely N-dealkylation sites (N-methyl/N-ethyl adjacent to an activating group) is 1. The largest absolute Gasteiger partial charge is 0.471 e. The molecule has 0 unspecified atom stereocenters. The van der Waals surface area contributed by atoms with Gasteiger partial charge < -0.3 is 20.0 Å². The molecule has 38 heavy (non-hydrogen) atoms. The Hall–Kier alpha value is -3.62. The Labute approximate surface area is 218 Å². The van der Waals surface area contributed by atoms with E-state index in [9.17, 15) is 37.6 Å². The minimum absolute atomic E-state index is 0.0270. The number of anilines is 1. The van der Waals surface area contributed by atoms with Gasteiger partial charge in [0.05, 0.1) is 17.4 Å². The van der Waals surface area contributed by atoms with Gasteiger partial charge in [0.2, 0.25) is 17.7 Å². The fourth-order valence-corrected chi connectivity index (χ4v) is 5.82. The molecule has 1 N–H and O–H groups in total. The SMILES string of the molecule is CC(C)C[C@@H](C(=O)N1C[C@]2(C[C@H]1C#N)C(=O)Nc1ccccc12)N(C)C(=O)[C@@H]1CCN(C(=O)C(F)(F)F)C1. The van der Waals surface area contributed by atoms with E-state index in [-0.39, 0.29) is 50.7 Å². The number of alkyl halides is 3. The van der Waals surface area contributed by atoms with E-state index >= 15 is 0 Å². The van der Waals surface area contributed by atoms with Crippen molar-refractivity contribution in [3.8, 4) is 6.07 Å². The summed E-state index contributed by atoms with van der Waals surface area (Å²) < 4.78 is 38.6. The number of nitrogens with one attached hydrogen (secondary N) is 1. The Morgan fingerprint density at radius 2 is 1.95 bits per heavy atom. The number of amides is 4. The first-order valence-electron chi connectivity index (χ1n) is 12.5. The number of para-hydroxylation sites is 1. The standard InChI is InChI=1S/C26H30F3N5O4/c1-15(2)10-20(32(3)21(35)16-8-9-33(13-16)24(38)26(27,28)29)22(36)34-14-25(11-17(34)12-30)18-6-4-5-7-19(18)31-23(25)37/h4-7,15-17,20H,8-11,13-14H2,1-3H3,(H,31,37)/t16-,17+,20+,25+/m1/s1. The van der Waals surface area contributed by atoms with Crippen molar-refractivity contribution in [2.24, 2.45) is 11.8 Å². The maximum atomic E-state index is 13.9. The van der Waals surface area contributed by atoms with Crippen molar-refractivity contribution >= 4 is 29.3 Å². The number of halogens is 3. The summed E-state index contributed by atoms with van der Waals surface area (Å²) in [5.41, 5.74) is 0.265. The average Bonchev–Trinajstić information content (AvgIpc) is 3.57. The summed E-state index contributed by atoms with van der Waals surface area (Å²) in [7, 11) is 1.42. The second kappa shape index (κ2) is 9.93. The number of nitriles is 1. The molecule has 4 amide bonds. The van der Waals surface area contributed by atoms with Crippen LogP contribution in [0.5, 0.6) is 0 Å². The van der Waals surface area contributed by atoms with E-state index in [4.69, 9.17) is 0 Å². The van der Waals surface area contributed by atoms with E-state index in [0.29, 0.717) is 16.2 Å². The zero-order valence-corrected chi connectivity index (χ0v) is 21.4. The molecular weight excluding hydrogens is 503 g/mol. The van der Waals surface area contributed by atoms with E-state index in [0.717, 1.165) is 0 Å². The molecule has 0 saturated carbocycles. The van der Waals surface area contributed by atoms with Crippen LogP contribution >= 0.6 is 0 Å². The van der Waals surface area contributed by atoms with Crippen LogP contribution < -0.4 is 5.32 Å². The summed E-state index contributed by atoms with van der Waals surface area (Å²) >= 11 is 0. The van der Waals surface area contributed by atoms with Crippen LogP contribution in [-0.4, -0.2) is 83.3 Å². The lowest BCUT2D eigenvalue weighted by molar-refractivity contribution is -0.184. The van der Waals surface area contributed by atoms with Gasteiger partial charge in [0.15, 0.2) is 0 Å². The highest BCUT2D eigenvalue weighted by molar-refractivity contribution is 6.07. The molecule has 1 aromatic rings. The third-order valence-electron chi connectivity index (χ3n) is 7.78. The lowest BCUT2D eigenvalue weighted by atomic mass is 9.80. The maximum Gasteiger partial charge on any atom is 0.471 e. The molecule has 2 fully saturated rings. The summed E-state index contributed by atoms with van der Waals surface area (Å²) in [5.74, 6) is -4.21. The Kier molecular flexibility index (Phi) is 7.16. The fraction of sp³-hybridized carbons (Fsp3) is 0.577. The number of hydrogen-bond donors (Lipinski definition) is 1. The van der Waals surface area contributed by atoms with E-state index in [1.54, 1.807) is 24.3 Å². The van der Waals surface area contributed by atoms with E-state index in [1.807, 2.05) is 13.8 Å². The van der Waals surface area contributed by atoms with Crippen molar-refractivity contribution in [1.29, 1.82) is 5.26 Å². The third kappa shape index (κ3) is 4.70. The monoisotopic (exact) mass is 533 g/mol. The Bertz CT molecular complexity index is 1200. The molecule has 0 radical (unpaired) electrons. The van der Waals surface area contributed by atoms with Gasteiger partial charge in [-0.05, 0) is 30.4 Å². The molecule has 3 heterocycles. The maximum absolute atomic E-state index is 13.9. The zero-order valence-electron chi connectivity index (χ0n) is 21.4. The van der Waals surface area contributed by atoms with Gasteiger partial charge in [0.1, 0.15) is 12.1 Å². The van der Waals surface area contributed by atoms with Gasteiger partial charge in [-0.25, -0.2) is 0 Å². The second-order valence-electron chi connectivity index (χ2n) is 10.7. The van der Waals surface area contributed by atoms with Gasteiger partial charge in [-0.1, -0.05) is 32.0 Å². The van der Waals surface area contributed by atoms with E-state index in [2.05, 4.69) is 11.4 Å². The van der Waals surface area contributed by atoms with Crippen molar-refractivity contribution in [1.82, 2.24) is 14.7 Å². The van der Waals surface area contributed by atoms with Crippen molar-refractivity contribution in [2.75, 3.05) is 32.0 Å².